The monoisotopic (exact) mass is 322 g/mol. The van der Waals surface area contributed by atoms with Gasteiger partial charge in [-0.3, -0.25) is 14.4 Å². The maximum Gasteiger partial charge on any atom is 0.306 e. The Morgan fingerprint density at radius 1 is 1.30 bits per heavy atom. The molecule has 1 N–H and O–H groups in total. The molecule has 1 aliphatic rings. The van der Waals surface area contributed by atoms with Crippen LogP contribution in [-0.2, 0) is 9.59 Å². The van der Waals surface area contributed by atoms with Crippen molar-refractivity contribution in [3.8, 4) is 0 Å². The van der Waals surface area contributed by atoms with Crippen molar-refractivity contribution in [3.63, 3.8) is 0 Å². The molecule has 0 atom stereocenters. The van der Waals surface area contributed by atoms with Gasteiger partial charge in [0.15, 0.2) is 0 Å². The first-order valence-electron chi connectivity index (χ1n) is 7.62. The van der Waals surface area contributed by atoms with Gasteiger partial charge in [-0.05, 0) is 32.8 Å². The predicted molar refractivity (Wildman–Crippen MR) is 82.1 cm³/mol. The van der Waals surface area contributed by atoms with E-state index < -0.39 is 5.97 Å². The third-order valence-corrected chi connectivity index (χ3v) is 4.19. The molecule has 126 valence electrons. The minimum absolute atomic E-state index is 0.0275. The summed E-state index contributed by atoms with van der Waals surface area (Å²) in [6, 6.07) is 1.66. The van der Waals surface area contributed by atoms with E-state index in [9.17, 15) is 14.4 Å². The number of carboxylic acids is 1. The summed E-state index contributed by atoms with van der Waals surface area (Å²) in [6.45, 7) is 4.29. The third kappa shape index (κ3) is 3.91. The van der Waals surface area contributed by atoms with Crippen molar-refractivity contribution in [1.82, 2.24) is 9.80 Å². The van der Waals surface area contributed by atoms with Crippen LogP contribution in [0.5, 0.6) is 0 Å². The van der Waals surface area contributed by atoms with E-state index in [0.29, 0.717) is 43.0 Å². The molecule has 0 bridgehead atoms. The quantitative estimate of drug-likeness (QED) is 0.902. The lowest BCUT2D eigenvalue weighted by Crippen LogP contribution is -2.45. The maximum atomic E-state index is 12.4. The lowest BCUT2D eigenvalue weighted by molar-refractivity contribution is -0.145. The molecule has 0 aliphatic carbocycles. The van der Waals surface area contributed by atoms with Gasteiger partial charge in [0.1, 0.15) is 11.5 Å². The van der Waals surface area contributed by atoms with Crippen molar-refractivity contribution in [2.24, 2.45) is 5.92 Å². The number of hydrogen-bond acceptors (Lipinski definition) is 4. The van der Waals surface area contributed by atoms with Crippen LogP contribution in [0.25, 0.3) is 0 Å². The molecular formula is C16H22N2O5. The van der Waals surface area contributed by atoms with Crippen molar-refractivity contribution in [3.05, 3.63) is 23.2 Å². The van der Waals surface area contributed by atoms with Crippen LogP contribution in [0.15, 0.2) is 10.5 Å². The van der Waals surface area contributed by atoms with E-state index in [0.717, 1.165) is 0 Å². The van der Waals surface area contributed by atoms with Gasteiger partial charge in [-0.2, -0.15) is 0 Å². The van der Waals surface area contributed by atoms with E-state index >= 15 is 0 Å². The number of carbonyl (C=O) groups is 3. The molecule has 0 spiro atoms. The zero-order chi connectivity index (χ0) is 17.1. The number of aryl methyl sites for hydroxylation is 2. The van der Waals surface area contributed by atoms with Crippen LogP contribution >= 0.6 is 0 Å². The van der Waals surface area contributed by atoms with Gasteiger partial charge in [-0.15, -0.1) is 0 Å². The largest absolute Gasteiger partial charge is 0.481 e. The highest BCUT2D eigenvalue weighted by molar-refractivity contribution is 5.97. The Hall–Kier alpha value is -2.31. The highest BCUT2D eigenvalue weighted by atomic mass is 16.4. The van der Waals surface area contributed by atoms with Crippen LogP contribution in [0.1, 0.15) is 34.7 Å². The Labute approximate surface area is 134 Å². The summed E-state index contributed by atoms with van der Waals surface area (Å²) in [5, 5.41) is 8.97. The molecule has 1 fully saturated rings. The second-order valence-electron chi connectivity index (χ2n) is 5.98. The van der Waals surface area contributed by atoms with Crippen LogP contribution in [0.3, 0.4) is 0 Å². The van der Waals surface area contributed by atoms with Gasteiger partial charge in [0.2, 0.25) is 5.91 Å². The highest BCUT2D eigenvalue weighted by Gasteiger charge is 2.28. The summed E-state index contributed by atoms with van der Waals surface area (Å²) in [5.74, 6) is -0.420. The Morgan fingerprint density at radius 3 is 2.39 bits per heavy atom. The highest BCUT2D eigenvalue weighted by Crippen LogP contribution is 2.18. The molecule has 1 aromatic heterocycles. The minimum atomic E-state index is -0.810. The lowest BCUT2D eigenvalue weighted by Gasteiger charge is -2.31. The Balaban J connectivity index is 1.91. The fraction of sp³-hybridized carbons (Fsp3) is 0.562. The standard InChI is InChI=1S/C16H22N2O5/c1-10-8-13(11(2)23-10)15(20)17(3)9-14(19)18-6-4-12(5-7-18)16(21)22/h8,12H,4-7,9H2,1-3H3,(H,21,22). The molecule has 1 aromatic rings. The van der Waals surface area contributed by atoms with Gasteiger partial charge in [-0.1, -0.05) is 0 Å². The predicted octanol–water partition coefficient (Wildman–Crippen LogP) is 1.29. The number of carbonyl (C=O) groups excluding carboxylic acids is 2. The SMILES string of the molecule is Cc1cc(C(=O)N(C)CC(=O)N2CCC(C(=O)O)CC2)c(C)o1. The normalized spacial score (nSPS) is 15.5. The number of piperidine rings is 1. The van der Waals surface area contributed by atoms with E-state index in [-0.39, 0.29) is 24.3 Å². The molecule has 1 saturated heterocycles. The Morgan fingerprint density at radius 2 is 1.91 bits per heavy atom. The lowest BCUT2D eigenvalue weighted by atomic mass is 9.97. The maximum absolute atomic E-state index is 12.4. The van der Waals surface area contributed by atoms with Gasteiger partial charge >= 0.3 is 5.97 Å². The smallest absolute Gasteiger partial charge is 0.306 e. The molecule has 2 rings (SSSR count). The fourth-order valence-electron chi connectivity index (χ4n) is 2.80. The zero-order valence-electron chi connectivity index (χ0n) is 13.7. The van der Waals surface area contributed by atoms with E-state index in [1.54, 1.807) is 31.9 Å². The number of aliphatic carboxylic acids is 1. The number of carboxylic acid groups (broad SMARTS) is 1. The molecule has 0 aromatic carbocycles. The van der Waals surface area contributed by atoms with Gasteiger partial charge in [-0.25, -0.2) is 0 Å². The van der Waals surface area contributed by atoms with Crippen LogP contribution < -0.4 is 0 Å². The second-order valence-corrected chi connectivity index (χ2v) is 5.98. The van der Waals surface area contributed by atoms with Gasteiger partial charge < -0.3 is 19.3 Å². The molecule has 2 heterocycles. The van der Waals surface area contributed by atoms with E-state index in [2.05, 4.69) is 0 Å². The number of rotatable bonds is 4. The summed E-state index contributed by atoms with van der Waals surface area (Å²) < 4.78 is 5.34. The van der Waals surface area contributed by atoms with Crippen molar-refractivity contribution < 1.29 is 23.9 Å². The first-order valence-corrected chi connectivity index (χ1v) is 7.62. The average molecular weight is 322 g/mol. The van der Waals surface area contributed by atoms with Gasteiger partial charge in [0.25, 0.3) is 5.91 Å². The summed E-state index contributed by atoms with van der Waals surface area (Å²) in [5.41, 5.74) is 0.461. The van der Waals surface area contributed by atoms with E-state index in [1.165, 1.54) is 4.90 Å². The number of hydrogen-bond donors (Lipinski definition) is 1. The molecule has 0 unspecified atom stereocenters. The topological polar surface area (TPSA) is 91.1 Å². The van der Waals surface area contributed by atoms with Crippen molar-refractivity contribution in [2.75, 3.05) is 26.7 Å². The first-order chi connectivity index (χ1) is 10.8. The molecule has 23 heavy (non-hydrogen) atoms. The van der Waals surface area contributed by atoms with Crippen LogP contribution in [-0.4, -0.2) is 59.4 Å². The molecule has 1 aliphatic heterocycles. The van der Waals surface area contributed by atoms with Crippen LogP contribution in [0.2, 0.25) is 0 Å². The average Bonchev–Trinajstić information content (AvgIpc) is 2.85. The number of likely N-dealkylation sites (tertiary alicyclic amines) is 1. The molecule has 2 amide bonds. The van der Waals surface area contributed by atoms with Crippen molar-refractivity contribution in [1.29, 1.82) is 0 Å². The summed E-state index contributed by atoms with van der Waals surface area (Å²) in [7, 11) is 1.58. The summed E-state index contributed by atoms with van der Waals surface area (Å²) >= 11 is 0. The second kappa shape index (κ2) is 6.85. The molecular weight excluding hydrogens is 300 g/mol. The number of furan rings is 1. The summed E-state index contributed by atoms with van der Waals surface area (Å²) in [6.07, 6.45) is 0.914. The molecule has 0 saturated carbocycles. The molecule has 7 nitrogen and oxygen atoms in total. The van der Waals surface area contributed by atoms with Crippen LogP contribution in [0.4, 0.5) is 0 Å². The fourth-order valence-corrected chi connectivity index (χ4v) is 2.80. The van der Waals surface area contributed by atoms with E-state index in [1.807, 2.05) is 0 Å². The molecule has 7 heteroatoms. The molecule has 0 radical (unpaired) electrons. The van der Waals surface area contributed by atoms with Crippen molar-refractivity contribution in [2.45, 2.75) is 26.7 Å². The number of nitrogens with zero attached hydrogens (tertiary/aromatic N) is 2. The first kappa shape index (κ1) is 17.1. The van der Waals surface area contributed by atoms with E-state index in [4.69, 9.17) is 9.52 Å². The number of amides is 2. The zero-order valence-corrected chi connectivity index (χ0v) is 13.7. The van der Waals surface area contributed by atoms with Gasteiger partial charge in [0.05, 0.1) is 18.0 Å². The Kier molecular flexibility index (Phi) is 5.08. The number of likely N-dealkylation sites (N-methyl/N-ethyl adjacent to an activating group) is 1. The van der Waals surface area contributed by atoms with Crippen molar-refractivity contribution >= 4 is 17.8 Å². The Bertz CT molecular complexity index is 614. The third-order valence-electron chi connectivity index (χ3n) is 4.19. The minimum Gasteiger partial charge on any atom is -0.481 e. The summed E-state index contributed by atoms with van der Waals surface area (Å²) in [4.78, 5) is 38.5. The van der Waals surface area contributed by atoms with Gasteiger partial charge in [0, 0.05) is 20.1 Å². The van der Waals surface area contributed by atoms with Crippen LogP contribution in [0, 0.1) is 19.8 Å².